The van der Waals surface area contributed by atoms with Gasteiger partial charge in [0.05, 0.1) is 7.11 Å². The summed E-state index contributed by atoms with van der Waals surface area (Å²) in [6.45, 7) is 2.59. The van der Waals surface area contributed by atoms with Crippen molar-refractivity contribution < 1.29 is 9.53 Å². The quantitative estimate of drug-likeness (QED) is 0.822. The molecule has 0 saturated heterocycles. The topological polar surface area (TPSA) is 76.1 Å². The zero-order valence-electron chi connectivity index (χ0n) is 12.8. The standard InChI is InChI=1S/C16H20N4O2/c1-3-4-16(21)18-15-10-9-14(19-20-15)17-11-12-5-7-13(22-2)8-6-12/h5-10H,3-4,11H2,1-2H3,(H,17,19)(H,18,20,21). The number of nitrogens with one attached hydrogen (secondary N) is 2. The smallest absolute Gasteiger partial charge is 0.225 e. The number of anilines is 2. The van der Waals surface area contributed by atoms with Gasteiger partial charge in [-0.2, -0.15) is 0 Å². The molecule has 0 unspecified atom stereocenters. The van der Waals surface area contributed by atoms with E-state index in [4.69, 9.17) is 4.74 Å². The number of hydrogen-bond acceptors (Lipinski definition) is 5. The number of nitrogens with zero attached hydrogens (tertiary/aromatic N) is 2. The van der Waals surface area contributed by atoms with Crippen LogP contribution in [0, 0.1) is 0 Å². The third-order valence-corrected chi connectivity index (χ3v) is 3.04. The Kier molecular flexibility index (Phi) is 5.71. The molecule has 2 rings (SSSR count). The second kappa shape index (κ2) is 7.97. The summed E-state index contributed by atoms with van der Waals surface area (Å²) in [7, 11) is 1.64. The number of hydrogen-bond donors (Lipinski definition) is 2. The highest BCUT2D eigenvalue weighted by atomic mass is 16.5. The van der Waals surface area contributed by atoms with Gasteiger partial charge in [-0.3, -0.25) is 4.79 Å². The van der Waals surface area contributed by atoms with Gasteiger partial charge in [0.15, 0.2) is 5.82 Å². The highest BCUT2D eigenvalue weighted by Crippen LogP contribution is 2.13. The summed E-state index contributed by atoms with van der Waals surface area (Å²) in [4.78, 5) is 11.5. The largest absolute Gasteiger partial charge is 0.497 e. The molecule has 0 aliphatic carbocycles. The number of amides is 1. The molecule has 1 amide bonds. The van der Waals surface area contributed by atoms with Crippen LogP contribution in [-0.2, 0) is 11.3 Å². The number of rotatable bonds is 7. The van der Waals surface area contributed by atoms with Crippen molar-refractivity contribution in [2.45, 2.75) is 26.3 Å². The van der Waals surface area contributed by atoms with E-state index < -0.39 is 0 Å². The van der Waals surface area contributed by atoms with Crippen LogP contribution in [0.2, 0.25) is 0 Å². The first-order chi connectivity index (χ1) is 10.7. The van der Waals surface area contributed by atoms with Crippen molar-refractivity contribution in [3.63, 3.8) is 0 Å². The molecule has 0 radical (unpaired) electrons. The molecule has 6 nitrogen and oxygen atoms in total. The minimum Gasteiger partial charge on any atom is -0.497 e. The van der Waals surface area contributed by atoms with Crippen LogP contribution in [0.1, 0.15) is 25.3 Å². The van der Waals surface area contributed by atoms with Crippen molar-refractivity contribution in [1.29, 1.82) is 0 Å². The summed E-state index contributed by atoms with van der Waals surface area (Å²) < 4.78 is 5.12. The lowest BCUT2D eigenvalue weighted by Crippen LogP contribution is -2.12. The van der Waals surface area contributed by atoms with Crippen molar-refractivity contribution >= 4 is 17.5 Å². The summed E-state index contributed by atoms with van der Waals surface area (Å²) in [6, 6.07) is 11.3. The van der Waals surface area contributed by atoms with E-state index >= 15 is 0 Å². The summed E-state index contributed by atoms with van der Waals surface area (Å²) >= 11 is 0. The third-order valence-electron chi connectivity index (χ3n) is 3.04. The van der Waals surface area contributed by atoms with Crippen LogP contribution < -0.4 is 15.4 Å². The van der Waals surface area contributed by atoms with E-state index in [9.17, 15) is 4.79 Å². The normalized spacial score (nSPS) is 10.1. The molecule has 1 aromatic carbocycles. The van der Waals surface area contributed by atoms with E-state index in [1.165, 1.54) is 0 Å². The van der Waals surface area contributed by atoms with Crippen LogP contribution in [0.3, 0.4) is 0 Å². The van der Waals surface area contributed by atoms with Crippen molar-refractivity contribution in [3.05, 3.63) is 42.0 Å². The zero-order valence-corrected chi connectivity index (χ0v) is 12.8. The first-order valence-electron chi connectivity index (χ1n) is 7.21. The van der Waals surface area contributed by atoms with Crippen LogP contribution in [0.25, 0.3) is 0 Å². The minimum absolute atomic E-state index is 0.0456. The lowest BCUT2D eigenvalue weighted by atomic mass is 10.2. The number of ether oxygens (including phenoxy) is 1. The van der Waals surface area contributed by atoms with Crippen LogP contribution in [-0.4, -0.2) is 23.2 Å². The number of aromatic nitrogens is 2. The molecule has 22 heavy (non-hydrogen) atoms. The molecule has 0 fully saturated rings. The minimum atomic E-state index is -0.0456. The Balaban J connectivity index is 1.86. The first-order valence-corrected chi connectivity index (χ1v) is 7.21. The SMILES string of the molecule is CCCC(=O)Nc1ccc(NCc2ccc(OC)cc2)nn1. The second-order valence-corrected chi connectivity index (χ2v) is 4.80. The Morgan fingerprint density at radius 2 is 1.77 bits per heavy atom. The summed E-state index contributed by atoms with van der Waals surface area (Å²) in [6.07, 6.45) is 1.29. The summed E-state index contributed by atoms with van der Waals surface area (Å²) in [5, 5.41) is 13.9. The van der Waals surface area contributed by atoms with Gasteiger partial charge in [0.2, 0.25) is 5.91 Å². The Labute approximate surface area is 129 Å². The average Bonchev–Trinajstić information content (AvgIpc) is 2.55. The average molecular weight is 300 g/mol. The van der Waals surface area contributed by atoms with Gasteiger partial charge in [0.25, 0.3) is 0 Å². The summed E-state index contributed by atoms with van der Waals surface area (Å²) in [5.74, 6) is 1.91. The first kappa shape index (κ1) is 15.8. The molecule has 0 aliphatic heterocycles. The van der Waals surface area contributed by atoms with Gasteiger partial charge in [-0.1, -0.05) is 19.1 Å². The highest BCUT2D eigenvalue weighted by Gasteiger charge is 2.03. The van der Waals surface area contributed by atoms with Gasteiger partial charge in [-0.05, 0) is 36.2 Å². The van der Waals surface area contributed by atoms with Gasteiger partial charge in [0.1, 0.15) is 11.6 Å². The fourth-order valence-corrected chi connectivity index (χ4v) is 1.86. The van der Waals surface area contributed by atoms with Crippen LogP contribution in [0.15, 0.2) is 36.4 Å². The van der Waals surface area contributed by atoms with E-state index in [0.29, 0.717) is 24.6 Å². The molecular formula is C16H20N4O2. The third kappa shape index (κ3) is 4.73. The highest BCUT2D eigenvalue weighted by molar-refractivity contribution is 5.89. The zero-order chi connectivity index (χ0) is 15.8. The van der Waals surface area contributed by atoms with Crippen LogP contribution in [0.4, 0.5) is 11.6 Å². The molecule has 1 aromatic heterocycles. The monoisotopic (exact) mass is 300 g/mol. The predicted octanol–water partition coefficient (Wildman–Crippen LogP) is 2.84. The Morgan fingerprint density at radius 3 is 2.36 bits per heavy atom. The molecule has 0 aliphatic rings. The number of carbonyl (C=O) groups excluding carboxylic acids is 1. The number of methoxy groups -OCH3 is 1. The van der Waals surface area contributed by atoms with E-state index in [1.54, 1.807) is 19.2 Å². The molecule has 6 heteroatoms. The van der Waals surface area contributed by atoms with Crippen LogP contribution in [0.5, 0.6) is 5.75 Å². The summed E-state index contributed by atoms with van der Waals surface area (Å²) in [5.41, 5.74) is 1.11. The molecule has 1 heterocycles. The fourth-order valence-electron chi connectivity index (χ4n) is 1.86. The van der Waals surface area contributed by atoms with Gasteiger partial charge in [0, 0.05) is 13.0 Å². The van der Waals surface area contributed by atoms with Gasteiger partial charge < -0.3 is 15.4 Å². The molecule has 0 atom stereocenters. The molecule has 2 N–H and O–H groups in total. The second-order valence-electron chi connectivity index (χ2n) is 4.80. The fraction of sp³-hybridized carbons (Fsp3) is 0.312. The number of benzene rings is 1. The molecule has 0 spiro atoms. The molecule has 2 aromatic rings. The maximum atomic E-state index is 11.5. The Morgan fingerprint density at radius 1 is 1.09 bits per heavy atom. The van der Waals surface area contributed by atoms with Crippen LogP contribution >= 0.6 is 0 Å². The Hall–Kier alpha value is -2.63. The lowest BCUT2D eigenvalue weighted by Gasteiger charge is -2.07. The molecular weight excluding hydrogens is 280 g/mol. The van der Waals surface area contributed by atoms with Crippen molar-refractivity contribution in [2.24, 2.45) is 0 Å². The predicted molar refractivity (Wildman–Crippen MR) is 85.9 cm³/mol. The molecule has 0 bridgehead atoms. The van der Waals surface area contributed by atoms with Crippen molar-refractivity contribution in [2.75, 3.05) is 17.7 Å². The van der Waals surface area contributed by atoms with E-state index in [0.717, 1.165) is 17.7 Å². The Bertz CT molecular complexity index is 597. The van der Waals surface area contributed by atoms with E-state index in [-0.39, 0.29) is 5.91 Å². The molecule has 0 saturated carbocycles. The maximum Gasteiger partial charge on any atom is 0.225 e. The van der Waals surface area contributed by atoms with Crippen molar-refractivity contribution in [3.8, 4) is 5.75 Å². The van der Waals surface area contributed by atoms with E-state index in [1.807, 2.05) is 31.2 Å². The van der Waals surface area contributed by atoms with Gasteiger partial charge in [-0.15, -0.1) is 10.2 Å². The molecule has 116 valence electrons. The maximum absolute atomic E-state index is 11.5. The van der Waals surface area contributed by atoms with Gasteiger partial charge >= 0.3 is 0 Å². The lowest BCUT2D eigenvalue weighted by molar-refractivity contribution is -0.116. The van der Waals surface area contributed by atoms with E-state index in [2.05, 4.69) is 20.8 Å². The van der Waals surface area contributed by atoms with Gasteiger partial charge in [-0.25, -0.2) is 0 Å². The number of carbonyl (C=O) groups is 1. The van der Waals surface area contributed by atoms with Crippen molar-refractivity contribution in [1.82, 2.24) is 10.2 Å².